The molecule has 0 radical (unpaired) electrons. The molecule has 9 heteroatoms. The monoisotopic (exact) mass is 453 g/mol. The highest BCUT2D eigenvalue weighted by atomic mass is 32.2. The molecule has 1 aliphatic rings. The summed E-state index contributed by atoms with van der Waals surface area (Å²) in [7, 11) is -2.44. The zero-order valence-electron chi connectivity index (χ0n) is 18.6. The minimum absolute atomic E-state index is 0.0213. The third kappa shape index (κ3) is 7.99. The van der Waals surface area contributed by atoms with Gasteiger partial charge in [-0.15, -0.1) is 0 Å². The Hall–Kier alpha value is -2.39. The fraction of sp³-hybridized carbons (Fsp3) is 0.545. The van der Waals surface area contributed by atoms with Crippen LogP contribution in [-0.4, -0.2) is 64.8 Å². The van der Waals surface area contributed by atoms with Crippen molar-refractivity contribution in [1.29, 1.82) is 0 Å². The SMILES string of the molecule is CC(C)(C)OC(=O)N[C@@H](CC1(C(=O)C=S(C)(C)=O)COC1)C(=O)OCc1ccccc1. The first-order valence-corrected chi connectivity index (χ1v) is 12.3. The molecule has 8 nitrogen and oxygen atoms in total. The number of Topliss-reactive ketones (excluding diaryl/α,β-unsaturated/α-hetero) is 1. The van der Waals surface area contributed by atoms with Crippen molar-refractivity contribution in [1.82, 2.24) is 5.32 Å². The average molecular weight is 454 g/mol. The van der Waals surface area contributed by atoms with E-state index in [9.17, 15) is 18.6 Å². The number of esters is 1. The van der Waals surface area contributed by atoms with Crippen LogP contribution in [0.1, 0.15) is 32.8 Å². The number of ketones is 1. The van der Waals surface area contributed by atoms with Crippen LogP contribution in [0.25, 0.3) is 0 Å². The zero-order valence-corrected chi connectivity index (χ0v) is 19.5. The molecule has 172 valence electrons. The highest BCUT2D eigenvalue weighted by Gasteiger charge is 2.48. The highest BCUT2D eigenvalue weighted by molar-refractivity contribution is 8.01. The fourth-order valence-electron chi connectivity index (χ4n) is 2.96. The van der Waals surface area contributed by atoms with Crippen LogP contribution in [0.5, 0.6) is 0 Å². The number of hydrogen-bond donors (Lipinski definition) is 1. The topological polar surface area (TPSA) is 108 Å². The van der Waals surface area contributed by atoms with E-state index in [1.54, 1.807) is 20.8 Å². The first-order chi connectivity index (χ1) is 14.3. The van der Waals surface area contributed by atoms with E-state index in [2.05, 4.69) is 5.32 Å². The van der Waals surface area contributed by atoms with Crippen LogP contribution in [-0.2, 0) is 39.9 Å². The highest BCUT2D eigenvalue weighted by Crippen LogP contribution is 2.34. The Morgan fingerprint density at radius 1 is 1.19 bits per heavy atom. The molecule has 1 amide bonds. The van der Waals surface area contributed by atoms with E-state index in [1.807, 2.05) is 30.3 Å². The Bertz CT molecular complexity index is 915. The summed E-state index contributed by atoms with van der Waals surface area (Å²) in [5.74, 6) is -1.07. The van der Waals surface area contributed by atoms with Crippen molar-refractivity contribution in [2.24, 2.45) is 5.41 Å². The largest absolute Gasteiger partial charge is 0.459 e. The first-order valence-electron chi connectivity index (χ1n) is 9.91. The van der Waals surface area contributed by atoms with Gasteiger partial charge in [-0.05, 0) is 42.3 Å². The van der Waals surface area contributed by atoms with Crippen molar-refractivity contribution < 1.29 is 32.8 Å². The molecule has 1 fully saturated rings. The van der Waals surface area contributed by atoms with Gasteiger partial charge in [0.15, 0.2) is 5.78 Å². The normalized spacial score (nSPS) is 16.4. The number of hydrogen-bond acceptors (Lipinski definition) is 7. The van der Waals surface area contributed by atoms with Gasteiger partial charge in [-0.25, -0.2) is 9.59 Å². The maximum atomic E-state index is 12.8. The quantitative estimate of drug-likeness (QED) is 0.473. The molecule has 0 aliphatic carbocycles. The maximum absolute atomic E-state index is 12.8. The molecule has 31 heavy (non-hydrogen) atoms. The molecule has 1 saturated heterocycles. The van der Waals surface area contributed by atoms with Gasteiger partial charge in [-0.2, -0.15) is 0 Å². The van der Waals surface area contributed by atoms with Crippen LogP contribution in [0.15, 0.2) is 30.3 Å². The molecule has 1 aromatic rings. The predicted octanol–water partition coefficient (Wildman–Crippen LogP) is 1.95. The van der Waals surface area contributed by atoms with Crippen LogP contribution < -0.4 is 5.32 Å². The average Bonchev–Trinajstić information content (AvgIpc) is 2.59. The lowest BCUT2D eigenvalue weighted by Gasteiger charge is -2.41. The molecule has 0 bridgehead atoms. The van der Waals surface area contributed by atoms with E-state index in [0.29, 0.717) is 0 Å². The minimum Gasteiger partial charge on any atom is -0.459 e. The number of rotatable bonds is 8. The number of carbonyl (C=O) groups excluding carboxylic acids is 3. The summed E-state index contributed by atoms with van der Waals surface area (Å²) in [6.45, 7) is 5.26. The Labute approximate surface area is 183 Å². The minimum atomic E-state index is -2.44. The number of benzene rings is 1. The molecule has 0 saturated carbocycles. The van der Waals surface area contributed by atoms with E-state index in [-0.39, 0.29) is 32.0 Å². The van der Waals surface area contributed by atoms with Crippen molar-refractivity contribution in [2.75, 3.05) is 25.7 Å². The number of amides is 1. The van der Waals surface area contributed by atoms with Gasteiger partial charge in [0.1, 0.15) is 18.2 Å². The lowest BCUT2D eigenvalue weighted by molar-refractivity contribution is -0.161. The van der Waals surface area contributed by atoms with Gasteiger partial charge in [-0.1, -0.05) is 30.3 Å². The molecule has 1 aromatic carbocycles. The van der Waals surface area contributed by atoms with Gasteiger partial charge in [-0.3, -0.25) is 9.00 Å². The summed E-state index contributed by atoms with van der Waals surface area (Å²) in [5.41, 5.74) is -1.03. The summed E-state index contributed by atoms with van der Waals surface area (Å²) in [6.07, 6.45) is 2.08. The van der Waals surface area contributed by atoms with Gasteiger partial charge in [0.25, 0.3) is 0 Å². The standard InChI is InChI=1S/C22H31NO7S/c1-21(2,3)30-20(26)23-17(19(25)29-12-16-9-7-6-8-10-16)11-22(14-28-15-22)18(24)13-31(4,5)27/h6-10,13,17H,11-12,14-15H2,1-5H3,(H,23,26)/t17-/m0/s1. The van der Waals surface area contributed by atoms with Crippen molar-refractivity contribution in [2.45, 2.75) is 45.4 Å². The first kappa shape index (κ1) is 24.9. The van der Waals surface area contributed by atoms with E-state index < -0.39 is 38.6 Å². The van der Waals surface area contributed by atoms with Crippen LogP contribution in [0, 0.1) is 5.41 Å². The van der Waals surface area contributed by atoms with Crippen molar-refractivity contribution in [3.63, 3.8) is 0 Å². The van der Waals surface area contributed by atoms with E-state index >= 15 is 0 Å². The van der Waals surface area contributed by atoms with Crippen molar-refractivity contribution in [3.05, 3.63) is 35.9 Å². The smallest absolute Gasteiger partial charge is 0.408 e. The lowest BCUT2D eigenvalue weighted by Crippen LogP contribution is -2.56. The van der Waals surface area contributed by atoms with Gasteiger partial charge < -0.3 is 19.5 Å². The van der Waals surface area contributed by atoms with Crippen LogP contribution >= 0.6 is 0 Å². The van der Waals surface area contributed by atoms with Crippen molar-refractivity contribution >= 4 is 32.7 Å². The molecule has 1 heterocycles. The molecular weight excluding hydrogens is 422 g/mol. The maximum Gasteiger partial charge on any atom is 0.408 e. The summed E-state index contributed by atoms with van der Waals surface area (Å²) in [4.78, 5) is 38.0. The van der Waals surface area contributed by atoms with Gasteiger partial charge in [0.05, 0.1) is 18.6 Å². The second kappa shape index (κ2) is 9.82. The number of nitrogens with one attached hydrogen (secondary N) is 1. The fourth-order valence-corrected chi connectivity index (χ4v) is 3.72. The molecule has 0 spiro atoms. The van der Waals surface area contributed by atoms with Crippen LogP contribution in [0.3, 0.4) is 0 Å². The van der Waals surface area contributed by atoms with E-state index in [4.69, 9.17) is 14.2 Å². The second-order valence-corrected chi connectivity index (χ2v) is 11.9. The molecule has 1 aliphatic heterocycles. The number of alkyl carbamates (subject to hydrolysis) is 1. The molecular formula is C22H31NO7S. The molecule has 2 rings (SSSR count). The number of carbonyl (C=O) groups is 3. The molecule has 1 N–H and O–H groups in total. The van der Waals surface area contributed by atoms with Crippen LogP contribution in [0.2, 0.25) is 0 Å². The molecule has 0 unspecified atom stereocenters. The number of ether oxygens (including phenoxy) is 3. The van der Waals surface area contributed by atoms with Gasteiger partial charge >= 0.3 is 12.1 Å². The third-order valence-electron chi connectivity index (χ3n) is 4.46. The van der Waals surface area contributed by atoms with E-state index in [0.717, 1.165) is 5.56 Å². The summed E-state index contributed by atoms with van der Waals surface area (Å²) in [6, 6.07) is 7.97. The van der Waals surface area contributed by atoms with E-state index in [1.165, 1.54) is 17.9 Å². The van der Waals surface area contributed by atoms with Crippen LogP contribution in [0.4, 0.5) is 4.79 Å². The Morgan fingerprint density at radius 2 is 1.81 bits per heavy atom. The molecule has 1 atom stereocenters. The Morgan fingerprint density at radius 3 is 2.29 bits per heavy atom. The predicted molar refractivity (Wildman–Crippen MR) is 118 cm³/mol. The van der Waals surface area contributed by atoms with Gasteiger partial charge in [0.2, 0.25) is 0 Å². The Balaban J connectivity index is 2.19. The second-order valence-electron chi connectivity index (χ2n) is 9.06. The summed E-state index contributed by atoms with van der Waals surface area (Å²) < 4.78 is 28.0. The van der Waals surface area contributed by atoms with Crippen molar-refractivity contribution in [3.8, 4) is 0 Å². The van der Waals surface area contributed by atoms with Gasteiger partial charge in [0, 0.05) is 17.9 Å². The summed E-state index contributed by atoms with van der Waals surface area (Å²) in [5, 5.41) is 3.70. The molecule has 0 aromatic heterocycles. The third-order valence-corrected chi connectivity index (χ3v) is 5.25. The Kier molecular flexibility index (Phi) is 7.88. The summed E-state index contributed by atoms with van der Waals surface area (Å²) >= 11 is 0. The zero-order chi connectivity index (χ0) is 23.3. The lowest BCUT2D eigenvalue weighted by atomic mass is 9.76.